The number of carbonyl (C=O) groups is 1. The molecule has 0 fully saturated rings. The number of halogens is 2. The van der Waals surface area contributed by atoms with Crippen molar-refractivity contribution in [3.05, 3.63) is 63.9 Å². The number of carbonyl (C=O) groups excluding carboxylic acids is 1. The van der Waals surface area contributed by atoms with Crippen LogP contribution in [0.1, 0.15) is 21.5 Å². The van der Waals surface area contributed by atoms with Gasteiger partial charge in [-0.15, -0.1) is 0 Å². The van der Waals surface area contributed by atoms with Crippen LogP contribution in [0, 0.1) is 12.7 Å². The highest BCUT2D eigenvalue weighted by Crippen LogP contribution is 2.19. The molecule has 2 aromatic rings. The SMILES string of the molecule is Cc1cccc(C(=O)OCc2ccc(Cl)cc2F)c1N. The quantitative estimate of drug-likeness (QED) is 0.693. The van der Waals surface area contributed by atoms with E-state index in [1.165, 1.54) is 18.2 Å². The molecule has 0 radical (unpaired) electrons. The van der Waals surface area contributed by atoms with Gasteiger partial charge in [-0.3, -0.25) is 0 Å². The smallest absolute Gasteiger partial charge is 0.340 e. The molecule has 0 aliphatic carbocycles. The number of hydrogen-bond acceptors (Lipinski definition) is 3. The molecule has 2 N–H and O–H groups in total. The summed E-state index contributed by atoms with van der Waals surface area (Å²) in [5.74, 6) is -1.09. The van der Waals surface area contributed by atoms with E-state index in [0.717, 1.165) is 5.56 Å². The fourth-order valence-electron chi connectivity index (χ4n) is 1.72. The Bertz CT molecular complexity index is 658. The van der Waals surface area contributed by atoms with Crippen LogP contribution < -0.4 is 5.73 Å². The van der Waals surface area contributed by atoms with Crippen LogP contribution in [0.4, 0.5) is 10.1 Å². The normalized spacial score (nSPS) is 10.3. The summed E-state index contributed by atoms with van der Waals surface area (Å²) in [6.45, 7) is 1.63. The topological polar surface area (TPSA) is 52.3 Å². The van der Waals surface area contributed by atoms with E-state index in [1.54, 1.807) is 25.1 Å². The molecule has 0 saturated carbocycles. The number of ether oxygens (including phenoxy) is 1. The van der Waals surface area contributed by atoms with Crippen molar-refractivity contribution in [3.63, 3.8) is 0 Å². The summed E-state index contributed by atoms with van der Waals surface area (Å²) >= 11 is 5.65. The van der Waals surface area contributed by atoms with Crippen molar-refractivity contribution in [2.45, 2.75) is 13.5 Å². The van der Waals surface area contributed by atoms with E-state index in [9.17, 15) is 9.18 Å². The molecule has 0 aliphatic rings. The molecular weight excluding hydrogens is 281 g/mol. The van der Waals surface area contributed by atoms with Crippen LogP contribution in [-0.2, 0) is 11.3 Å². The Morgan fingerprint density at radius 3 is 2.80 bits per heavy atom. The maximum absolute atomic E-state index is 13.5. The zero-order chi connectivity index (χ0) is 14.7. The predicted molar refractivity (Wildman–Crippen MR) is 76.1 cm³/mol. The second kappa shape index (κ2) is 5.92. The monoisotopic (exact) mass is 293 g/mol. The summed E-state index contributed by atoms with van der Waals surface area (Å²) in [6, 6.07) is 9.27. The van der Waals surface area contributed by atoms with E-state index >= 15 is 0 Å². The van der Waals surface area contributed by atoms with Gasteiger partial charge in [-0.05, 0) is 30.7 Å². The van der Waals surface area contributed by atoms with Crippen LogP contribution in [0.5, 0.6) is 0 Å². The van der Waals surface area contributed by atoms with Crippen molar-refractivity contribution in [1.29, 1.82) is 0 Å². The lowest BCUT2D eigenvalue weighted by Crippen LogP contribution is -2.09. The van der Waals surface area contributed by atoms with Gasteiger partial charge in [0.1, 0.15) is 12.4 Å². The maximum atomic E-state index is 13.5. The van der Waals surface area contributed by atoms with E-state index < -0.39 is 11.8 Å². The lowest BCUT2D eigenvalue weighted by molar-refractivity contribution is 0.0470. The molecule has 2 aromatic carbocycles. The van der Waals surface area contributed by atoms with Crippen molar-refractivity contribution in [2.24, 2.45) is 0 Å². The molecular formula is C15H13ClFNO2. The van der Waals surface area contributed by atoms with Gasteiger partial charge in [0.15, 0.2) is 0 Å². The van der Waals surface area contributed by atoms with E-state index in [0.29, 0.717) is 10.7 Å². The largest absolute Gasteiger partial charge is 0.457 e. The van der Waals surface area contributed by atoms with E-state index in [4.69, 9.17) is 22.1 Å². The molecule has 0 amide bonds. The molecule has 0 aliphatic heterocycles. The van der Waals surface area contributed by atoms with Crippen LogP contribution in [0.2, 0.25) is 5.02 Å². The fraction of sp³-hybridized carbons (Fsp3) is 0.133. The number of rotatable bonds is 3. The van der Waals surface area contributed by atoms with Crippen molar-refractivity contribution < 1.29 is 13.9 Å². The number of benzene rings is 2. The average Bonchev–Trinajstić information content (AvgIpc) is 2.40. The summed E-state index contributed by atoms with van der Waals surface area (Å²) in [5, 5.41) is 0.292. The Morgan fingerprint density at radius 2 is 2.10 bits per heavy atom. The van der Waals surface area contributed by atoms with Gasteiger partial charge in [-0.25, -0.2) is 9.18 Å². The predicted octanol–water partition coefficient (Wildman–Crippen LogP) is 3.73. The van der Waals surface area contributed by atoms with Crippen molar-refractivity contribution >= 4 is 23.3 Å². The Labute approximate surface area is 121 Å². The van der Waals surface area contributed by atoms with Gasteiger partial charge < -0.3 is 10.5 Å². The Balaban J connectivity index is 2.11. The highest BCUT2D eigenvalue weighted by Gasteiger charge is 2.13. The average molecular weight is 294 g/mol. The molecule has 104 valence electrons. The third-order valence-electron chi connectivity index (χ3n) is 2.92. The van der Waals surface area contributed by atoms with E-state index in [1.807, 2.05) is 0 Å². The summed E-state index contributed by atoms with van der Waals surface area (Å²) in [6.07, 6.45) is 0. The molecule has 0 heterocycles. The second-order valence-electron chi connectivity index (χ2n) is 4.35. The van der Waals surface area contributed by atoms with Gasteiger partial charge >= 0.3 is 5.97 Å². The summed E-state index contributed by atoms with van der Waals surface area (Å²) in [4.78, 5) is 11.9. The number of hydrogen-bond donors (Lipinski definition) is 1. The van der Waals surface area contributed by atoms with Crippen LogP contribution in [-0.4, -0.2) is 5.97 Å². The Kier molecular flexibility index (Phi) is 4.25. The van der Waals surface area contributed by atoms with Crippen LogP contribution in [0.15, 0.2) is 36.4 Å². The molecule has 0 bridgehead atoms. The summed E-state index contributed by atoms with van der Waals surface area (Å²) in [7, 11) is 0. The molecule has 20 heavy (non-hydrogen) atoms. The molecule has 3 nitrogen and oxygen atoms in total. The molecule has 0 unspecified atom stereocenters. The summed E-state index contributed by atoms with van der Waals surface area (Å²) in [5.41, 5.74) is 7.50. The number of nitrogens with two attached hydrogens (primary N) is 1. The molecule has 0 saturated heterocycles. The molecule has 5 heteroatoms. The molecule has 0 atom stereocenters. The number of aryl methyl sites for hydroxylation is 1. The second-order valence-corrected chi connectivity index (χ2v) is 4.78. The van der Waals surface area contributed by atoms with Gasteiger partial charge in [-0.2, -0.15) is 0 Å². The van der Waals surface area contributed by atoms with E-state index in [2.05, 4.69) is 0 Å². The zero-order valence-corrected chi connectivity index (χ0v) is 11.6. The third kappa shape index (κ3) is 3.08. The molecule has 0 spiro atoms. The molecule has 2 rings (SSSR count). The van der Waals surface area contributed by atoms with Gasteiger partial charge in [0.2, 0.25) is 0 Å². The number of nitrogen functional groups attached to an aromatic ring is 1. The van der Waals surface area contributed by atoms with Crippen molar-refractivity contribution in [1.82, 2.24) is 0 Å². The zero-order valence-electron chi connectivity index (χ0n) is 10.8. The van der Waals surface area contributed by atoms with Crippen LogP contribution in [0.25, 0.3) is 0 Å². The number of esters is 1. The van der Waals surface area contributed by atoms with Crippen LogP contribution in [0.3, 0.4) is 0 Å². The van der Waals surface area contributed by atoms with Gasteiger partial charge in [0.05, 0.1) is 5.56 Å². The van der Waals surface area contributed by atoms with Gasteiger partial charge in [0, 0.05) is 16.3 Å². The standard InChI is InChI=1S/C15H13ClFNO2/c1-9-3-2-4-12(14(9)18)15(19)20-8-10-5-6-11(16)7-13(10)17/h2-7H,8,18H2,1H3. The maximum Gasteiger partial charge on any atom is 0.340 e. The lowest BCUT2D eigenvalue weighted by Gasteiger charge is -2.09. The Hall–Kier alpha value is -2.07. The van der Waals surface area contributed by atoms with Gasteiger partial charge in [-0.1, -0.05) is 29.8 Å². The lowest BCUT2D eigenvalue weighted by atomic mass is 10.1. The van der Waals surface area contributed by atoms with Crippen LogP contribution >= 0.6 is 11.6 Å². The first-order chi connectivity index (χ1) is 9.49. The van der Waals surface area contributed by atoms with Crippen molar-refractivity contribution in [3.8, 4) is 0 Å². The first kappa shape index (κ1) is 14.3. The number of para-hydroxylation sites is 1. The Morgan fingerprint density at radius 1 is 1.35 bits per heavy atom. The fourth-order valence-corrected chi connectivity index (χ4v) is 1.88. The minimum absolute atomic E-state index is 0.171. The highest BCUT2D eigenvalue weighted by atomic mass is 35.5. The minimum atomic E-state index is -0.583. The summed E-state index contributed by atoms with van der Waals surface area (Å²) < 4.78 is 18.6. The number of anilines is 1. The van der Waals surface area contributed by atoms with E-state index in [-0.39, 0.29) is 17.7 Å². The van der Waals surface area contributed by atoms with Crippen molar-refractivity contribution in [2.75, 3.05) is 5.73 Å². The third-order valence-corrected chi connectivity index (χ3v) is 3.15. The molecule has 0 aromatic heterocycles. The first-order valence-electron chi connectivity index (χ1n) is 5.95. The minimum Gasteiger partial charge on any atom is -0.457 e. The first-order valence-corrected chi connectivity index (χ1v) is 6.33. The highest BCUT2D eigenvalue weighted by molar-refractivity contribution is 6.30. The van der Waals surface area contributed by atoms with Gasteiger partial charge in [0.25, 0.3) is 0 Å².